The molecular formula is C57H38S. The lowest BCUT2D eigenvalue weighted by Crippen LogP contribution is -2.16. The third kappa shape index (κ3) is 4.75. The van der Waals surface area contributed by atoms with Crippen molar-refractivity contribution in [1.29, 1.82) is 0 Å². The molecule has 0 saturated heterocycles. The molecule has 1 aliphatic rings. The summed E-state index contributed by atoms with van der Waals surface area (Å²) in [4.78, 5) is 0. The summed E-state index contributed by atoms with van der Waals surface area (Å²) in [5.74, 6) is 0. The second-order valence-corrected chi connectivity index (χ2v) is 17.4. The minimum absolute atomic E-state index is 0.0950. The maximum atomic E-state index is 2.43. The minimum Gasteiger partial charge on any atom is -0.135 e. The Morgan fingerprint density at radius 2 is 0.828 bits per heavy atom. The van der Waals surface area contributed by atoms with Gasteiger partial charge in [0.1, 0.15) is 0 Å². The molecular weight excluding hydrogens is 717 g/mol. The Morgan fingerprint density at radius 3 is 1.59 bits per heavy atom. The maximum Gasteiger partial charge on any atom is 0.0434 e. The average Bonchev–Trinajstić information content (AvgIpc) is 3.77. The molecule has 272 valence electrons. The highest BCUT2D eigenvalue weighted by Gasteiger charge is 2.37. The van der Waals surface area contributed by atoms with Crippen LogP contribution in [0.25, 0.3) is 108 Å². The van der Waals surface area contributed by atoms with Crippen molar-refractivity contribution in [3.05, 3.63) is 205 Å². The van der Waals surface area contributed by atoms with Gasteiger partial charge in [0.2, 0.25) is 0 Å². The smallest absolute Gasteiger partial charge is 0.0434 e. The van der Waals surface area contributed by atoms with Crippen molar-refractivity contribution in [1.82, 2.24) is 0 Å². The van der Waals surface area contributed by atoms with Crippen LogP contribution in [0.2, 0.25) is 0 Å². The molecule has 0 bridgehead atoms. The predicted molar refractivity (Wildman–Crippen MR) is 251 cm³/mol. The first kappa shape index (κ1) is 33.4. The number of fused-ring (bicyclic) bond motifs is 9. The fourth-order valence-electron chi connectivity index (χ4n) is 10.4. The van der Waals surface area contributed by atoms with E-state index in [2.05, 4.69) is 208 Å². The van der Waals surface area contributed by atoms with Crippen molar-refractivity contribution in [3.63, 3.8) is 0 Å². The van der Waals surface area contributed by atoms with Crippen LogP contribution in [0.4, 0.5) is 0 Å². The molecule has 12 rings (SSSR count). The summed E-state index contributed by atoms with van der Waals surface area (Å²) < 4.78 is 2.68. The topological polar surface area (TPSA) is 0 Å². The molecule has 0 aliphatic heterocycles. The van der Waals surface area contributed by atoms with E-state index in [0.717, 1.165) is 0 Å². The summed E-state index contributed by atoms with van der Waals surface area (Å²) >= 11 is 1.90. The van der Waals surface area contributed by atoms with Crippen molar-refractivity contribution >= 4 is 63.8 Å². The van der Waals surface area contributed by atoms with Gasteiger partial charge in [-0.15, -0.1) is 11.3 Å². The Hall–Kier alpha value is -6.80. The third-order valence-electron chi connectivity index (χ3n) is 12.9. The second-order valence-electron chi connectivity index (χ2n) is 16.3. The standard InChI is InChI=1S/C57H38S/c1-57(2)51-30-11-9-20-41(51)48-27-14-26-37(55(48)57)35-16-13-17-36(34-35)53-43-22-5-7-24-45(43)54(46-25-8-6-23-44(46)53)47-33-32-40(38-18-3-4-19-39(38)47)49-28-15-29-50-42-21-10-12-31-52(42)58-56(49)50/h3-34H,1-2H3. The van der Waals surface area contributed by atoms with Crippen LogP contribution >= 0.6 is 11.3 Å². The Morgan fingerprint density at radius 1 is 0.328 bits per heavy atom. The van der Waals surface area contributed by atoms with E-state index in [0.29, 0.717) is 0 Å². The molecule has 58 heavy (non-hydrogen) atoms. The van der Waals surface area contributed by atoms with E-state index in [1.807, 2.05) is 11.3 Å². The van der Waals surface area contributed by atoms with Crippen LogP contribution in [0, 0.1) is 0 Å². The summed E-state index contributed by atoms with van der Waals surface area (Å²) in [6.07, 6.45) is 0. The van der Waals surface area contributed by atoms with Crippen LogP contribution in [0.15, 0.2) is 194 Å². The molecule has 11 aromatic rings. The largest absolute Gasteiger partial charge is 0.135 e. The Bertz CT molecular complexity index is 3430. The zero-order chi connectivity index (χ0) is 38.5. The van der Waals surface area contributed by atoms with Crippen molar-refractivity contribution in [2.75, 3.05) is 0 Å². The van der Waals surface area contributed by atoms with Gasteiger partial charge in [0.25, 0.3) is 0 Å². The van der Waals surface area contributed by atoms with Gasteiger partial charge in [-0.3, -0.25) is 0 Å². The quantitative estimate of drug-likeness (QED) is 0.157. The predicted octanol–water partition coefficient (Wildman–Crippen LogP) is 16.5. The van der Waals surface area contributed by atoms with Crippen LogP contribution in [0.5, 0.6) is 0 Å². The van der Waals surface area contributed by atoms with E-state index < -0.39 is 0 Å². The minimum atomic E-state index is -0.0950. The highest BCUT2D eigenvalue weighted by Crippen LogP contribution is 2.53. The molecule has 0 radical (unpaired) electrons. The first-order valence-electron chi connectivity index (χ1n) is 20.3. The van der Waals surface area contributed by atoms with E-state index in [9.17, 15) is 0 Å². The molecule has 10 aromatic carbocycles. The molecule has 0 atom stereocenters. The van der Waals surface area contributed by atoms with Crippen LogP contribution < -0.4 is 0 Å². The molecule has 1 heteroatoms. The lowest BCUT2D eigenvalue weighted by Gasteiger charge is -2.25. The third-order valence-corrected chi connectivity index (χ3v) is 14.1. The maximum absolute atomic E-state index is 2.43. The van der Waals surface area contributed by atoms with Gasteiger partial charge in [0, 0.05) is 31.2 Å². The monoisotopic (exact) mass is 754 g/mol. The van der Waals surface area contributed by atoms with Crippen LogP contribution in [-0.2, 0) is 5.41 Å². The molecule has 0 N–H and O–H groups in total. The number of rotatable bonds is 4. The lowest BCUT2D eigenvalue weighted by molar-refractivity contribution is 0.662. The fourth-order valence-corrected chi connectivity index (χ4v) is 11.6. The zero-order valence-electron chi connectivity index (χ0n) is 32.4. The second kappa shape index (κ2) is 12.6. The number of hydrogen-bond donors (Lipinski definition) is 0. The molecule has 0 nitrogen and oxygen atoms in total. The normalized spacial score (nSPS) is 13.1. The van der Waals surface area contributed by atoms with Gasteiger partial charge in [-0.05, 0) is 106 Å². The molecule has 1 heterocycles. The molecule has 0 saturated carbocycles. The van der Waals surface area contributed by atoms with Crippen molar-refractivity contribution in [3.8, 4) is 55.6 Å². The van der Waals surface area contributed by atoms with Gasteiger partial charge in [-0.1, -0.05) is 196 Å². The Labute approximate surface area is 342 Å². The SMILES string of the molecule is CC1(C)c2ccccc2-c2cccc(-c3cccc(-c4c5ccccc5c(-c5ccc(-c6cccc7c6sc6ccccc67)c6ccccc56)c5ccccc45)c3)c21. The summed E-state index contributed by atoms with van der Waals surface area (Å²) in [7, 11) is 0. The summed E-state index contributed by atoms with van der Waals surface area (Å²) in [6.45, 7) is 4.76. The molecule has 1 aliphatic carbocycles. The van der Waals surface area contributed by atoms with Crippen molar-refractivity contribution in [2.24, 2.45) is 0 Å². The van der Waals surface area contributed by atoms with Crippen molar-refractivity contribution < 1.29 is 0 Å². The van der Waals surface area contributed by atoms with Crippen molar-refractivity contribution in [2.45, 2.75) is 19.3 Å². The summed E-state index contributed by atoms with van der Waals surface area (Å²) in [6, 6.07) is 72.5. The van der Waals surface area contributed by atoms with E-state index in [1.165, 1.54) is 119 Å². The van der Waals surface area contributed by atoms with Crippen LogP contribution in [0.3, 0.4) is 0 Å². The lowest BCUT2D eigenvalue weighted by atomic mass is 9.78. The van der Waals surface area contributed by atoms with Gasteiger partial charge in [0.05, 0.1) is 0 Å². The summed E-state index contributed by atoms with van der Waals surface area (Å²) in [5, 5.41) is 10.3. The molecule has 0 amide bonds. The molecule has 1 aromatic heterocycles. The number of thiophene rings is 1. The highest BCUT2D eigenvalue weighted by molar-refractivity contribution is 7.26. The van der Waals surface area contributed by atoms with E-state index >= 15 is 0 Å². The van der Waals surface area contributed by atoms with E-state index in [4.69, 9.17) is 0 Å². The molecule has 0 unspecified atom stereocenters. The van der Waals surface area contributed by atoms with Gasteiger partial charge in [0.15, 0.2) is 0 Å². The average molecular weight is 755 g/mol. The van der Waals surface area contributed by atoms with Gasteiger partial charge >= 0.3 is 0 Å². The van der Waals surface area contributed by atoms with E-state index in [-0.39, 0.29) is 5.41 Å². The first-order valence-corrected chi connectivity index (χ1v) is 21.1. The van der Waals surface area contributed by atoms with E-state index in [1.54, 1.807) is 0 Å². The molecule has 0 fully saturated rings. The number of hydrogen-bond acceptors (Lipinski definition) is 1. The van der Waals surface area contributed by atoms with Gasteiger partial charge in [-0.2, -0.15) is 0 Å². The van der Waals surface area contributed by atoms with Crippen LogP contribution in [0.1, 0.15) is 25.0 Å². The first-order chi connectivity index (χ1) is 28.6. The summed E-state index contributed by atoms with van der Waals surface area (Å²) in [5.41, 5.74) is 15.6. The highest BCUT2D eigenvalue weighted by atomic mass is 32.1. The van der Waals surface area contributed by atoms with Gasteiger partial charge in [-0.25, -0.2) is 0 Å². The number of benzene rings is 10. The molecule has 0 spiro atoms. The zero-order valence-corrected chi connectivity index (χ0v) is 33.2. The Balaban J connectivity index is 1.07. The fraction of sp³-hybridized carbons (Fsp3) is 0.0526. The Kier molecular flexibility index (Phi) is 7.25. The van der Waals surface area contributed by atoms with Gasteiger partial charge < -0.3 is 0 Å². The van der Waals surface area contributed by atoms with Crippen LogP contribution in [-0.4, -0.2) is 0 Å².